The molecular weight excluding hydrogens is 749 g/mol. The maximum absolute atomic E-state index is 2.95. The Morgan fingerprint density at radius 2 is 1.05 bits per heavy atom. The Balaban J connectivity index is 1.30. The highest BCUT2D eigenvalue weighted by Gasteiger charge is 2.63. The lowest BCUT2D eigenvalue weighted by Crippen LogP contribution is -2.64. The Morgan fingerprint density at radius 3 is 1.73 bits per heavy atom. The first-order valence-electron chi connectivity index (χ1n) is 24.2. The number of rotatable bonds is 2. The van der Waals surface area contributed by atoms with Gasteiger partial charge < -0.3 is 14.7 Å². The van der Waals surface area contributed by atoms with Gasteiger partial charge in [-0.05, 0) is 136 Å². The van der Waals surface area contributed by atoms with Crippen molar-refractivity contribution in [3.05, 3.63) is 119 Å². The predicted molar refractivity (Wildman–Crippen MR) is 267 cm³/mol. The van der Waals surface area contributed by atoms with Crippen molar-refractivity contribution in [3.8, 4) is 0 Å². The molecule has 11 rings (SSSR count). The molecule has 2 aliphatic carbocycles. The lowest BCUT2D eigenvalue weighted by molar-refractivity contribution is 0.194. The molecule has 0 spiro atoms. The van der Waals surface area contributed by atoms with Crippen molar-refractivity contribution in [3.63, 3.8) is 0 Å². The van der Waals surface area contributed by atoms with Gasteiger partial charge in [0.25, 0.3) is 6.71 Å². The summed E-state index contributed by atoms with van der Waals surface area (Å²) in [6.45, 7) is 32.1. The van der Waals surface area contributed by atoms with Gasteiger partial charge in [-0.3, -0.25) is 0 Å². The summed E-state index contributed by atoms with van der Waals surface area (Å²) in [6, 6.07) is 37.2. The number of para-hydroxylation sites is 1. The number of hydrogen-bond acceptors (Lipinski definition) is 3. The molecule has 4 heterocycles. The molecule has 4 atom stereocenters. The van der Waals surface area contributed by atoms with Crippen molar-refractivity contribution in [2.75, 3.05) is 14.7 Å². The van der Waals surface area contributed by atoms with Gasteiger partial charge in [0.05, 0.1) is 11.1 Å². The fourth-order valence-electron chi connectivity index (χ4n) is 13.8. The SMILES string of the molecule is CC(C)(C)c1cccc(N2c3cc(C(C)(C)C)ccc3B3c4cc(C(C)(C)C)cc5c4N(c4cc(N6c7ccccc7C7(C)CCCCC67C)cc2c43)C2(C)CCCCC52C)c1. The van der Waals surface area contributed by atoms with Gasteiger partial charge in [0.1, 0.15) is 0 Å². The summed E-state index contributed by atoms with van der Waals surface area (Å²) in [5, 5.41) is 0. The van der Waals surface area contributed by atoms with Crippen LogP contribution in [0.2, 0.25) is 0 Å². The molecule has 4 aliphatic heterocycles. The third-order valence-electron chi connectivity index (χ3n) is 18.0. The van der Waals surface area contributed by atoms with Crippen LogP contribution in [0.15, 0.2) is 91.0 Å². The summed E-state index contributed by atoms with van der Waals surface area (Å²) in [7, 11) is 0. The third-order valence-corrected chi connectivity index (χ3v) is 18.0. The molecule has 2 saturated carbocycles. The van der Waals surface area contributed by atoms with Crippen LogP contribution >= 0.6 is 0 Å². The molecule has 0 saturated heterocycles. The average Bonchev–Trinajstić information content (AvgIpc) is 3.56. The molecule has 0 radical (unpaired) electrons. The predicted octanol–water partition coefficient (Wildman–Crippen LogP) is 13.7. The first kappa shape index (κ1) is 40.3. The highest BCUT2D eigenvalue weighted by atomic mass is 15.3. The zero-order valence-corrected chi connectivity index (χ0v) is 40.2. The zero-order valence-electron chi connectivity index (χ0n) is 40.2. The Bertz CT molecular complexity index is 2710. The molecular formula is C58H70BN3. The van der Waals surface area contributed by atoms with E-state index in [1.807, 2.05) is 0 Å². The van der Waals surface area contributed by atoms with Crippen molar-refractivity contribution in [2.24, 2.45) is 0 Å². The van der Waals surface area contributed by atoms with Gasteiger partial charge in [-0.25, -0.2) is 0 Å². The molecule has 3 nitrogen and oxygen atoms in total. The second-order valence-electron chi connectivity index (χ2n) is 24.5. The van der Waals surface area contributed by atoms with Crippen molar-refractivity contribution in [1.82, 2.24) is 0 Å². The molecule has 0 bridgehead atoms. The fourth-order valence-corrected chi connectivity index (χ4v) is 13.8. The van der Waals surface area contributed by atoms with Crippen molar-refractivity contribution < 1.29 is 0 Å². The molecule has 0 N–H and O–H groups in total. The monoisotopic (exact) mass is 820 g/mol. The van der Waals surface area contributed by atoms with Gasteiger partial charge in [0, 0.05) is 50.6 Å². The number of benzene rings is 5. The van der Waals surface area contributed by atoms with Gasteiger partial charge >= 0.3 is 0 Å². The largest absolute Gasteiger partial charge is 0.335 e. The molecule has 4 heteroatoms. The summed E-state index contributed by atoms with van der Waals surface area (Å²) in [5.41, 5.74) is 21.4. The molecule has 0 aromatic heterocycles. The van der Waals surface area contributed by atoms with E-state index in [4.69, 9.17) is 0 Å². The van der Waals surface area contributed by atoms with Crippen LogP contribution in [-0.4, -0.2) is 17.8 Å². The van der Waals surface area contributed by atoms with Crippen molar-refractivity contribution >= 4 is 62.9 Å². The van der Waals surface area contributed by atoms with E-state index >= 15 is 0 Å². The molecule has 5 aromatic rings. The van der Waals surface area contributed by atoms with Crippen LogP contribution in [0.1, 0.15) is 169 Å². The summed E-state index contributed by atoms with van der Waals surface area (Å²) in [4.78, 5) is 8.50. The summed E-state index contributed by atoms with van der Waals surface area (Å²) in [5.74, 6) is 0. The van der Waals surface area contributed by atoms with E-state index in [0.717, 1.165) is 0 Å². The van der Waals surface area contributed by atoms with Crippen LogP contribution in [0.4, 0.5) is 39.8 Å². The van der Waals surface area contributed by atoms with E-state index in [2.05, 4.69) is 196 Å². The summed E-state index contributed by atoms with van der Waals surface area (Å²) >= 11 is 0. The van der Waals surface area contributed by atoms with Crippen molar-refractivity contribution in [1.29, 1.82) is 0 Å². The van der Waals surface area contributed by atoms with Crippen LogP contribution in [0.25, 0.3) is 0 Å². The average molecular weight is 820 g/mol. The van der Waals surface area contributed by atoms with Gasteiger partial charge in [-0.2, -0.15) is 0 Å². The second-order valence-corrected chi connectivity index (χ2v) is 24.5. The van der Waals surface area contributed by atoms with Gasteiger partial charge in [0.2, 0.25) is 0 Å². The maximum Gasteiger partial charge on any atom is 0.252 e. The van der Waals surface area contributed by atoms with E-state index in [-0.39, 0.29) is 44.9 Å². The lowest BCUT2D eigenvalue weighted by Gasteiger charge is -2.54. The highest BCUT2D eigenvalue weighted by molar-refractivity contribution is 7.00. The van der Waals surface area contributed by atoms with Crippen LogP contribution in [0, 0.1) is 0 Å². The minimum atomic E-state index is -0.0598. The van der Waals surface area contributed by atoms with Gasteiger partial charge in [0.15, 0.2) is 0 Å². The first-order valence-corrected chi connectivity index (χ1v) is 24.2. The Morgan fingerprint density at radius 1 is 0.452 bits per heavy atom. The van der Waals surface area contributed by atoms with Gasteiger partial charge in [-0.1, -0.05) is 156 Å². The standard InChI is InChI=1S/C58H70BN3/c1-52(2,3)37-21-20-22-40(31-37)60-47-34-38(53(4,5)6)25-26-44(47)59-45-33-39(54(7,8)9)32-43-51(45)62(58(13)30-19-17-28-56(43,58)11)49-36-41(35-48(60)50(49)59)61-46-24-15-14-23-42(46)55(10)27-16-18-29-57(55,61)12/h14-15,20-26,31-36H,16-19,27-30H2,1-13H3. The number of hydrogen-bond donors (Lipinski definition) is 0. The van der Waals surface area contributed by atoms with Gasteiger partial charge in [-0.15, -0.1) is 0 Å². The van der Waals surface area contributed by atoms with Crippen LogP contribution in [-0.2, 0) is 27.1 Å². The topological polar surface area (TPSA) is 9.72 Å². The number of nitrogens with zero attached hydrogens (tertiary/aromatic N) is 3. The summed E-state index contributed by atoms with van der Waals surface area (Å²) in [6.07, 6.45) is 9.93. The summed E-state index contributed by atoms with van der Waals surface area (Å²) < 4.78 is 0. The highest BCUT2D eigenvalue weighted by Crippen LogP contribution is 2.65. The molecule has 5 aromatic carbocycles. The molecule has 320 valence electrons. The lowest BCUT2D eigenvalue weighted by atomic mass is 9.33. The van der Waals surface area contributed by atoms with Crippen LogP contribution in [0.3, 0.4) is 0 Å². The van der Waals surface area contributed by atoms with E-state index in [0.29, 0.717) is 0 Å². The van der Waals surface area contributed by atoms with E-state index in [9.17, 15) is 0 Å². The molecule has 4 unspecified atom stereocenters. The Kier molecular flexibility index (Phi) is 8.22. The Hall–Kier alpha value is -4.44. The Labute approximate surface area is 374 Å². The third kappa shape index (κ3) is 5.13. The smallest absolute Gasteiger partial charge is 0.252 e. The molecule has 6 aliphatic rings. The number of fused-ring (bicyclic) bond motifs is 10. The van der Waals surface area contributed by atoms with E-state index < -0.39 is 0 Å². The first-order chi connectivity index (χ1) is 29.1. The minimum absolute atomic E-state index is 0.00379. The molecule has 2 fully saturated rings. The number of anilines is 7. The maximum atomic E-state index is 2.95. The zero-order chi connectivity index (χ0) is 43.7. The molecule has 0 amide bonds. The molecule has 62 heavy (non-hydrogen) atoms. The van der Waals surface area contributed by atoms with E-state index in [1.165, 1.54) is 130 Å². The second kappa shape index (κ2) is 12.6. The normalized spacial score (nSPS) is 27.0. The van der Waals surface area contributed by atoms with Crippen LogP contribution < -0.4 is 31.1 Å². The van der Waals surface area contributed by atoms with Crippen molar-refractivity contribution in [2.45, 2.75) is 180 Å². The minimum Gasteiger partial charge on any atom is -0.335 e. The van der Waals surface area contributed by atoms with E-state index in [1.54, 1.807) is 5.56 Å². The quantitative estimate of drug-likeness (QED) is 0.161. The van der Waals surface area contributed by atoms with Crippen LogP contribution in [0.5, 0.6) is 0 Å². The fraction of sp³-hybridized carbons (Fsp3) is 0.483.